The average Bonchev–Trinajstić information content (AvgIpc) is 2.14. The Balaban J connectivity index is 2.98. The van der Waals surface area contributed by atoms with Gasteiger partial charge >= 0.3 is 0 Å². The number of rotatable bonds is 1. The van der Waals surface area contributed by atoms with Crippen molar-refractivity contribution >= 4 is 21.8 Å². The lowest BCUT2D eigenvalue weighted by Crippen LogP contribution is -2.09. The highest BCUT2D eigenvalue weighted by Gasteiger charge is 2.05. The molecule has 0 bridgehead atoms. The summed E-state index contributed by atoms with van der Waals surface area (Å²) in [5.74, 6) is -0.560. The summed E-state index contributed by atoms with van der Waals surface area (Å²) >= 11 is 2.99. The van der Waals surface area contributed by atoms with E-state index in [4.69, 9.17) is 5.73 Å². The van der Waals surface area contributed by atoms with Crippen LogP contribution in [0.4, 0.5) is 0 Å². The van der Waals surface area contributed by atoms with E-state index >= 15 is 0 Å². The molecule has 1 heterocycles. The minimum Gasteiger partial charge on any atom is -0.363 e. The summed E-state index contributed by atoms with van der Waals surface area (Å²) in [7, 11) is 0. The predicted octanol–water partition coefficient (Wildman–Crippen LogP) is 0.536. The van der Waals surface area contributed by atoms with E-state index in [1.807, 2.05) is 0 Å². The fourth-order valence-electron chi connectivity index (χ4n) is 0.370. The number of aromatic nitrogens is 1. The molecule has 2 N–H and O–H groups in total. The summed E-state index contributed by atoms with van der Waals surface area (Å²) in [5.41, 5.74) is 4.83. The molecular formula is C4H3BrN2O2. The van der Waals surface area contributed by atoms with Crippen LogP contribution in [0.15, 0.2) is 15.2 Å². The second-order valence-electron chi connectivity index (χ2n) is 1.38. The van der Waals surface area contributed by atoms with Crippen molar-refractivity contribution in [2.75, 3.05) is 0 Å². The molecule has 0 saturated heterocycles. The first-order valence-corrected chi connectivity index (χ1v) is 2.91. The van der Waals surface area contributed by atoms with Gasteiger partial charge in [0.15, 0.2) is 0 Å². The molecule has 0 saturated carbocycles. The van der Waals surface area contributed by atoms with Crippen molar-refractivity contribution < 1.29 is 9.32 Å². The summed E-state index contributed by atoms with van der Waals surface area (Å²) in [4.78, 5) is 10.3. The lowest BCUT2D eigenvalue weighted by atomic mass is 10.4. The Morgan fingerprint density at radius 1 is 1.89 bits per heavy atom. The van der Waals surface area contributed by atoms with Gasteiger partial charge in [0.1, 0.15) is 4.60 Å². The molecule has 0 unspecified atom stereocenters. The second kappa shape index (κ2) is 2.18. The number of amides is 1. The van der Waals surface area contributed by atoms with Gasteiger partial charge < -0.3 is 10.3 Å². The summed E-state index contributed by atoms with van der Waals surface area (Å²) in [6.07, 6.45) is 0. The van der Waals surface area contributed by atoms with Crippen LogP contribution in [0.3, 0.4) is 0 Å². The Morgan fingerprint density at radius 3 is 2.78 bits per heavy atom. The Bertz CT molecular complexity index is 232. The molecule has 0 fully saturated rings. The van der Waals surface area contributed by atoms with Crippen molar-refractivity contribution in [3.63, 3.8) is 0 Å². The first kappa shape index (κ1) is 6.28. The van der Waals surface area contributed by atoms with Gasteiger partial charge in [0.2, 0.25) is 5.76 Å². The molecule has 5 heteroatoms. The zero-order valence-electron chi connectivity index (χ0n) is 4.30. The fourth-order valence-corrected chi connectivity index (χ4v) is 0.650. The van der Waals surface area contributed by atoms with Crippen molar-refractivity contribution in [2.24, 2.45) is 5.73 Å². The predicted molar refractivity (Wildman–Crippen MR) is 32.7 cm³/mol. The maximum atomic E-state index is 10.3. The van der Waals surface area contributed by atoms with E-state index in [0.29, 0.717) is 4.60 Å². The number of nitrogens with zero attached hydrogens (tertiary/aromatic N) is 1. The number of carbonyl (C=O) groups is 1. The van der Waals surface area contributed by atoms with Crippen LogP contribution >= 0.6 is 15.9 Å². The molecule has 0 aliphatic heterocycles. The van der Waals surface area contributed by atoms with Crippen molar-refractivity contribution in [1.29, 1.82) is 0 Å². The third-order valence-corrected chi connectivity index (χ3v) is 1.10. The molecule has 1 aromatic heterocycles. The molecule has 0 aliphatic carbocycles. The normalized spacial score (nSPS) is 9.44. The molecule has 1 rings (SSSR count). The summed E-state index contributed by atoms with van der Waals surface area (Å²) in [6, 6.07) is 1.41. The Morgan fingerprint density at radius 2 is 2.56 bits per heavy atom. The molecule has 4 nitrogen and oxygen atoms in total. The highest BCUT2D eigenvalue weighted by Crippen LogP contribution is 2.08. The number of hydrogen-bond acceptors (Lipinski definition) is 3. The van der Waals surface area contributed by atoms with Crippen LogP contribution in [0.5, 0.6) is 0 Å². The number of nitrogens with two attached hydrogens (primary N) is 1. The van der Waals surface area contributed by atoms with Gasteiger partial charge in [-0.25, -0.2) is 0 Å². The zero-order valence-corrected chi connectivity index (χ0v) is 5.88. The Labute approximate surface area is 59.1 Å². The van der Waals surface area contributed by atoms with Crippen LogP contribution < -0.4 is 5.73 Å². The molecule has 1 aromatic rings. The lowest BCUT2D eigenvalue weighted by Gasteiger charge is -1.77. The van der Waals surface area contributed by atoms with Crippen molar-refractivity contribution in [1.82, 2.24) is 5.16 Å². The third-order valence-electron chi connectivity index (χ3n) is 0.724. The van der Waals surface area contributed by atoms with Crippen LogP contribution in [0.25, 0.3) is 0 Å². The van der Waals surface area contributed by atoms with Crippen molar-refractivity contribution in [3.05, 3.63) is 16.4 Å². The number of carbonyl (C=O) groups excluding carboxylic acids is 1. The minimum atomic E-state index is -0.617. The first-order chi connectivity index (χ1) is 4.20. The van der Waals surface area contributed by atoms with Gasteiger partial charge in [-0.15, -0.1) is 0 Å². The number of hydrogen-bond donors (Lipinski definition) is 1. The molecular weight excluding hydrogens is 188 g/mol. The summed E-state index contributed by atoms with van der Waals surface area (Å²) in [6.45, 7) is 0. The average molecular weight is 191 g/mol. The van der Waals surface area contributed by atoms with Crippen LogP contribution in [-0.4, -0.2) is 11.1 Å². The molecule has 0 aromatic carbocycles. The van der Waals surface area contributed by atoms with Crippen LogP contribution in [0.1, 0.15) is 10.6 Å². The van der Waals surface area contributed by atoms with E-state index in [9.17, 15) is 4.79 Å². The van der Waals surface area contributed by atoms with E-state index in [1.54, 1.807) is 0 Å². The second-order valence-corrected chi connectivity index (χ2v) is 2.19. The monoisotopic (exact) mass is 190 g/mol. The Kier molecular flexibility index (Phi) is 1.52. The minimum absolute atomic E-state index is 0.0573. The van der Waals surface area contributed by atoms with Gasteiger partial charge in [0.25, 0.3) is 5.91 Å². The maximum Gasteiger partial charge on any atom is 0.287 e. The van der Waals surface area contributed by atoms with E-state index in [0.717, 1.165) is 0 Å². The van der Waals surface area contributed by atoms with E-state index in [1.165, 1.54) is 6.07 Å². The Hall–Kier alpha value is -0.840. The smallest absolute Gasteiger partial charge is 0.287 e. The van der Waals surface area contributed by atoms with E-state index in [2.05, 4.69) is 25.6 Å². The lowest BCUT2D eigenvalue weighted by molar-refractivity contribution is 0.0965. The third kappa shape index (κ3) is 1.29. The number of halogens is 1. The highest BCUT2D eigenvalue weighted by molar-refractivity contribution is 9.10. The van der Waals surface area contributed by atoms with Gasteiger partial charge in [0, 0.05) is 6.07 Å². The van der Waals surface area contributed by atoms with Gasteiger partial charge in [-0.1, -0.05) is 5.16 Å². The van der Waals surface area contributed by atoms with E-state index in [-0.39, 0.29) is 5.76 Å². The van der Waals surface area contributed by atoms with E-state index < -0.39 is 5.91 Å². The van der Waals surface area contributed by atoms with Gasteiger partial charge in [-0.3, -0.25) is 4.79 Å². The largest absolute Gasteiger partial charge is 0.363 e. The summed E-state index contributed by atoms with van der Waals surface area (Å²) < 4.78 is 4.92. The maximum absolute atomic E-state index is 10.3. The van der Waals surface area contributed by atoms with Crippen molar-refractivity contribution in [3.8, 4) is 0 Å². The molecule has 48 valence electrons. The topological polar surface area (TPSA) is 69.1 Å². The molecule has 0 radical (unpaired) electrons. The first-order valence-electron chi connectivity index (χ1n) is 2.12. The molecule has 0 atom stereocenters. The highest BCUT2D eigenvalue weighted by atomic mass is 79.9. The van der Waals surface area contributed by atoms with Gasteiger partial charge in [-0.05, 0) is 15.9 Å². The van der Waals surface area contributed by atoms with Crippen molar-refractivity contribution in [2.45, 2.75) is 0 Å². The van der Waals surface area contributed by atoms with Gasteiger partial charge in [-0.2, -0.15) is 0 Å². The van der Waals surface area contributed by atoms with Crippen LogP contribution in [0, 0.1) is 0 Å². The van der Waals surface area contributed by atoms with Crippen LogP contribution in [0.2, 0.25) is 0 Å². The molecule has 9 heavy (non-hydrogen) atoms. The van der Waals surface area contributed by atoms with Gasteiger partial charge in [0.05, 0.1) is 0 Å². The zero-order chi connectivity index (χ0) is 6.85. The summed E-state index contributed by atoms with van der Waals surface area (Å²) in [5, 5.41) is 3.38. The quantitative estimate of drug-likeness (QED) is 0.703. The SMILES string of the molecule is NC(=O)c1cc(Br)no1. The number of primary amides is 1. The fraction of sp³-hybridized carbons (Fsp3) is 0. The molecule has 0 spiro atoms. The molecule has 0 aliphatic rings. The standard InChI is InChI=1S/C4H3BrN2O2/c5-3-1-2(4(6)8)9-7-3/h1H,(H2,6,8). The van der Waals surface area contributed by atoms with Crippen LogP contribution in [-0.2, 0) is 0 Å². The molecule has 1 amide bonds.